The van der Waals surface area contributed by atoms with Gasteiger partial charge >= 0.3 is 0 Å². The maximum Gasteiger partial charge on any atom is 0.128 e. The Morgan fingerprint density at radius 2 is 2.18 bits per heavy atom. The van der Waals surface area contributed by atoms with E-state index in [4.69, 9.17) is 4.74 Å². The Morgan fingerprint density at radius 1 is 1.45 bits per heavy atom. The number of rotatable bonds is 2. The summed E-state index contributed by atoms with van der Waals surface area (Å²) in [4.78, 5) is 0. The highest BCUT2D eigenvalue weighted by atomic mass is 16.5. The summed E-state index contributed by atoms with van der Waals surface area (Å²) in [5.41, 5.74) is 0. The summed E-state index contributed by atoms with van der Waals surface area (Å²) in [5, 5.41) is 12.3. The van der Waals surface area contributed by atoms with E-state index in [1.54, 1.807) is 0 Å². The van der Waals surface area contributed by atoms with Crippen LogP contribution >= 0.6 is 0 Å². The second-order valence-corrected chi connectivity index (χ2v) is 2.98. The number of hydrogen-bond donors (Lipinski definition) is 2. The number of aliphatic hydroxyl groups is 1. The summed E-state index contributed by atoms with van der Waals surface area (Å²) in [7, 11) is 0. The Hall–Kier alpha value is -0.120. The zero-order valence-electron chi connectivity index (χ0n) is 7.21. The van der Waals surface area contributed by atoms with Crippen LogP contribution in [0.15, 0.2) is 0 Å². The topological polar surface area (TPSA) is 41.5 Å². The van der Waals surface area contributed by atoms with Crippen molar-refractivity contribution in [1.29, 1.82) is 0 Å². The first-order valence-electron chi connectivity index (χ1n) is 4.33. The van der Waals surface area contributed by atoms with Crippen LogP contribution in [0.1, 0.15) is 26.7 Å². The molecule has 0 spiro atoms. The normalized spacial score (nSPS) is 39.0. The standard InChI is InChI=1S/C8H17NO2/c1-3-6-7(4-2)11-5-8(10)9-6/h6-10H,3-5H2,1-2H3/t6?,7?,8-/m1/s1. The molecule has 0 amide bonds. The summed E-state index contributed by atoms with van der Waals surface area (Å²) >= 11 is 0. The van der Waals surface area contributed by atoms with Crippen molar-refractivity contribution >= 4 is 0 Å². The van der Waals surface area contributed by atoms with Crippen molar-refractivity contribution < 1.29 is 9.84 Å². The molecule has 0 aromatic heterocycles. The lowest BCUT2D eigenvalue weighted by Gasteiger charge is -2.34. The molecule has 1 aliphatic heterocycles. The summed E-state index contributed by atoms with van der Waals surface area (Å²) in [6, 6.07) is 0.323. The Labute approximate surface area is 67.7 Å². The van der Waals surface area contributed by atoms with E-state index in [-0.39, 0.29) is 6.10 Å². The first-order chi connectivity index (χ1) is 5.27. The van der Waals surface area contributed by atoms with E-state index < -0.39 is 6.23 Å². The van der Waals surface area contributed by atoms with Crippen molar-refractivity contribution in [3.8, 4) is 0 Å². The highest BCUT2D eigenvalue weighted by Crippen LogP contribution is 2.12. The van der Waals surface area contributed by atoms with Crippen LogP contribution in [0, 0.1) is 0 Å². The molecule has 3 heteroatoms. The van der Waals surface area contributed by atoms with Crippen LogP contribution in [-0.2, 0) is 4.74 Å². The molecule has 3 atom stereocenters. The van der Waals surface area contributed by atoms with Gasteiger partial charge in [0.05, 0.1) is 12.7 Å². The van der Waals surface area contributed by atoms with Gasteiger partial charge in [0.1, 0.15) is 6.23 Å². The molecule has 2 unspecified atom stereocenters. The largest absolute Gasteiger partial charge is 0.376 e. The molecule has 3 nitrogen and oxygen atoms in total. The average molecular weight is 159 g/mol. The third-order valence-corrected chi connectivity index (χ3v) is 2.17. The van der Waals surface area contributed by atoms with Gasteiger partial charge in [-0.1, -0.05) is 13.8 Å². The summed E-state index contributed by atoms with van der Waals surface area (Å²) < 4.78 is 5.43. The fourth-order valence-corrected chi connectivity index (χ4v) is 1.52. The van der Waals surface area contributed by atoms with Gasteiger partial charge in [0.15, 0.2) is 0 Å². The van der Waals surface area contributed by atoms with E-state index in [2.05, 4.69) is 19.2 Å². The van der Waals surface area contributed by atoms with Gasteiger partial charge in [-0.25, -0.2) is 0 Å². The molecule has 1 aliphatic rings. The predicted octanol–water partition coefficient (Wildman–Crippen LogP) is 0.482. The minimum absolute atomic E-state index is 0.281. The van der Waals surface area contributed by atoms with E-state index in [1.807, 2.05) is 0 Å². The van der Waals surface area contributed by atoms with Crippen LogP contribution in [0.2, 0.25) is 0 Å². The van der Waals surface area contributed by atoms with Crippen molar-refractivity contribution in [3.05, 3.63) is 0 Å². The lowest BCUT2D eigenvalue weighted by Crippen LogP contribution is -2.53. The fraction of sp³-hybridized carbons (Fsp3) is 1.00. The van der Waals surface area contributed by atoms with Gasteiger partial charge in [-0.3, -0.25) is 5.32 Å². The molecule has 0 aliphatic carbocycles. The molecule has 0 saturated carbocycles. The van der Waals surface area contributed by atoms with Crippen LogP contribution in [0.25, 0.3) is 0 Å². The van der Waals surface area contributed by atoms with Crippen molar-refractivity contribution in [2.75, 3.05) is 6.61 Å². The monoisotopic (exact) mass is 159 g/mol. The zero-order chi connectivity index (χ0) is 8.27. The van der Waals surface area contributed by atoms with Gasteiger partial charge in [0.2, 0.25) is 0 Å². The minimum Gasteiger partial charge on any atom is -0.376 e. The summed E-state index contributed by atoms with van der Waals surface area (Å²) in [6.45, 7) is 4.63. The molecule has 66 valence electrons. The molecule has 1 fully saturated rings. The van der Waals surface area contributed by atoms with Gasteiger partial charge in [-0.2, -0.15) is 0 Å². The minimum atomic E-state index is -0.470. The Kier molecular flexibility index (Phi) is 3.30. The first kappa shape index (κ1) is 8.97. The summed E-state index contributed by atoms with van der Waals surface area (Å²) in [5.74, 6) is 0. The van der Waals surface area contributed by atoms with E-state index in [9.17, 15) is 5.11 Å². The average Bonchev–Trinajstić information content (AvgIpc) is 2.04. The highest BCUT2D eigenvalue weighted by molar-refractivity contribution is 4.80. The number of morpholine rings is 1. The molecule has 0 aromatic carbocycles. The fourth-order valence-electron chi connectivity index (χ4n) is 1.52. The van der Waals surface area contributed by atoms with Crippen molar-refractivity contribution in [1.82, 2.24) is 5.32 Å². The van der Waals surface area contributed by atoms with Gasteiger partial charge in [-0.15, -0.1) is 0 Å². The second kappa shape index (κ2) is 4.04. The van der Waals surface area contributed by atoms with E-state index in [1.165, 1.54) is 0 Å². The molecule has 1 saturated heterocycles. The third kappa shape index (κ3) is 2.15. The van der Waals surface area contributed by atoms with E-state index in [0.29, 0.717) is 12.6 Å². The number of ether oxygens (including phenoxy) is 1. The van der Waals surface area contributed by atoms with Gasteiger partial charge < -0.3 is 9.84 Å². The quantitative estimate of drug-likeness (QED) is 0.616. The van der Waals surface area contributed by atoms with Crippen molar-refractivity contribution in [2.24, 2.45) is 0 Å². The third-order valence-electron chi connectivity index (χ3n) is 2.17. The van der Waals surface area contributed by atoms with Crippen LogP contribution < -0.4 is 5.32 Å². The number of nitrogens with one attached hydrogen (secondary N) is 1. The molecule has 0 radical (unpaired) electrons. The Balaban J connectivity index is 2.41. The Morgan fingerprint density at radius 3 is 2.73 bits per heavy atom. The lowest BCUT2D eigenvalue weighted by atomic mass is 10.0. The maximum atomic E-state index is 9.19. The van der Waals surface area contributed by atoms with Crippen LogP contribution in [0.3, 0.4) is 0 Å². The highest BCUT2D eigenvalue weighted by Gasteiger charge is 2.26. The van der Waals surface area contributed by atoms with E-state index in [0.717, 1.165) is 12.8 Å². The molecular formula is C8H17NO2. The molecule has 2 N–H and O–H groups in total. The van der Waals surface area contributed by atoms with Crippen molar-refractivity contribution in [3.63, 3.8) is 0 Å². The van der Waals surface area contributed by atoms with E-state index >= 15 is 0 Å². The zero-order valence-corrected chi connectivity index (χ0v) is 7.21. The van der Waals surface area contributed by atoms with Crippen LogP contribution in [-0.4, -0.2) is 30.1 Å². The van der Waals surface area contributed by atoms with Gasteiger partial charge in [0.25, 0.3) is 0 Å². The molecule has 0 bridgehead atoms. The maximum absolute atomic E-state index is 9.19. The summed E-state index contributed by atoms with van der Waals surface area (Å²) in [6.07, 6.45) is 1.83. The molecule has 11 heavy (non-hydrogen) atoms. The predicted molar refractivity (Wildman–Crippen MR) is 43.3 cm³/mol. The smallest absolute Gasteiger partial charge is 0.128 e. The second-order valence-electron chi connectivity index (χ2n) is 2.98. The van der Waals surface area contributed by atoms with Gasteiger partial charge in [-0.05, 0) is 12.8 Å². The lowest BCUT2D eigenvalue weighted by molar-refractivity contribution is -0.0889. The first-order valence-corrected chi connectivity index (χ1v) is 4.33. The van der Waals surface area contributed by atoms with Gasteiger partial charge in [0, 0.05) is 6.04 Å². The SMILES string of the molecule is CCC1N[C@H](O)COC1CC. The molecule has 0 aromatic rings. The van der Waals surface area contributed by atoms with Crippen LogP contribution in [0.5, 0.6) is 0 Å². The molecule has 1 heterocycles. The molecule has 1 rings (SSSR count). The number of hydrogen-bond acceptors (Lipinski definition) is 3. The molecular weight excluding hydrogens is 142 g/mol. The van der Waals surface area contributed by atoms with Crippen LogP contribution in [0.4, 0.5) is 0 Å². The van der Waals surface area contributed by atoms with Crippen molar-refractivity contribution in [2.45, 2.75) is 45.1 Å². The number of aliphatic hydroxyl groups excluding tert-OH is 1. The Bertz CT molecular complexity index is 119.